The molecule has 7 heteroatoms. The molecule has 0 atom stereocenters. The summed E-state index contributed by atoms with van der Waals surface area (Å²) < 4.78 is 5.12. The zero-order valence-corrected chi connectivity index (χ0v) is 13.8. The maximum atomic E-state index is 5.50. The van der Waals surface area contributed by atoms with Gasteiger partial charge in [0.25, 0.3) is 0 Å². The highest BCUT2D eigenvalue weighted by atomic mass is 16.5. The topological polar surface area (TPSA) is 79.5 Å². The molecule has 1 aromatic rings. The molecule has 21 heavy (non-hydrogen) atoms. The maximum absolute atomic E-state index is 5.50. The van der Waals surface area contributed by atoms with Crippen molar-refractivity contribution < 1.29 is 4.74 Å². The third kappa shape index (κ3) is 6.24. The fourth-order valence-corrected chi connectivity index (χ4v) is 1.97. The molecule has 120 valence electrons. The van der Waals surface area contributed by atoms with E-state index < -0.39 is 0 Å². The summed E-state index contributed by atoms with van der Waals surface area (Å²) in [5.74, 6) is 8.15. The van der Waals surface area contributed by atoms with Crippen LogP contribution in [0, 0.1) is 5.92 Å². The Hall–Kier alpha value is -1.44. The van der Waals surface area contributed by atoms with E-state index in [-0.39, 0.29) is 0 Å². The van der Waals surface area contributed by atoms with E-state index in [9.17, 15) is 0 Å². The van der Waals surface area contributed by atoms with Gasteiger partial charge < -0.3 is 20.0 Å². The normalized spacial score (nSPS) is 11.2. The predicted molar refractivity (Wildman–Crippen MR) is 86.2 cm³/mol. The van der Waals surface area contributed by atoms with Gasteiger partial charge in [-0.1, -0.05) is 13.8 Å². The molecule has 0 saturated carbocycles. The van der Waals surface area contributed by atoms with Crippen LogP contribution in [0.3, 0.4) is 0 Å². The number of nitrogens with zero attached hydrogens (tertiary/aromatic N) is 4. The van der Waals surface area contributed by atoms with Crippen molar-refractivity contribution in [2.45, 2.75) is 20.5 Å². The van der Waals surface area contributed by atoms with E-state index in [2.05, 4.69) is 53.1 Å². The summed E-state index contributed by atoms with van der Waals surface area (Å²) in [6.45, 7) is 7.55. The smallest absolute Gasteiger partial charge is 0.158 e. The van der Waals surface area contributed by atoms with Gasteiger partial charge in [0.2, 0.25) is 0 Å². The first-order valence-corrected chi connectivity index (χ1v) is 7.19. The van der Waals surface area contributed by atoms with Crippen molar-refractivity contribution >= 4 is 11.6 Å². The zero-order valence-electron chi connectivity index (χ0n) is 13.8. The summed E-state index contributed by atoms with van der Waals surface area (Å²) in [5, 5.41) is 0. The molecule has 0 spiro atoms. The summed E-state index contributed by atoms with van der Waals surface area (Å²) in [6, 6.07) is 1.87. The van der Waals surface area contributed by atoms with Crippen molar-refractivity contribution in [1.29, 1.82) is 0 Å². The Labute approximate surface area is 127 Å². The minimum atomic E-state index is 0.367. The van der Waals surface area contributed by atoms with Crippen molar-refractivity contribution in [2.75, 3.05) is 51.2 Å². The van der Waals surface area contributed by atoms with Gasteiger partial charge in [-0.2, -0.15) is 0 Å². The van der Waals surface area contributed by atoms with Crippen molar-refractivity contribution in [3.8, 4) is 0 Å². The molecule has 0 saturated heterocycles. The second-order valence-electron chi connectivity index (χ2n) is 5.75. The van der Waals surface area contributed by atoms with Gasteiger partial charge in [0, 0.05) is 32.8 Å². The molecule has 0 radical (unpaired) electrons. The zero-order chi connectivity index (χ0) is 15.8. The molecule has 0 aromatic carbocycles. The molecule has 0 aliphatic heterocycles. The van der Waals surface area contributed by atoms with E-state index in [1.165, 1.54) is 0 Å². The number of ether oxygens (including phenoxy) is 1. The van der Waals surface area contributed by atoms with Gasteiger partial charge in [0.1, 0.15) is 18.2 Å². The van der Waals surface area contributed by atoms with Gasteiger partial charge in [-0.15, -0.1) is 0 Å². The van der Waals surface area contributed by atoms with Gasteiger partial charge in [0.15, 0.2) is 5.82 Å². The van der Waals surface area contributed by atoms with Crippen LogP contribution < -0.4 is 16.2 Å². The lowest BCUT2D eigenvalue weighted by molar-refractivity contribution is 0.178. The van der Waals surface area contributed by atoms with Crippen LogP contribution in [-0.2, 0) is 11.3 Å². The van der Waals surface area contributed by atoms with E-state index in [0.29, 0.717) is 24.2 Å². The molecular formula is C14H28N6O. The molecule has 0 aliphatic carbocycles. The number of hydrogen-bond acceptors (Lipinski definition) is 7. The number of nitrogens with two attached hydrogens (primary N) is 1. The van der Waals surface area contributed by atoms with Crippen molar-refractivity contribution in [2.24, 2.45) is 11.8 Å². The molecule has 7 nitrogen and oxygen atoms in total. The highest BCUT2D eigenvalue weighted by molar-refractivity contribution is 5.49. The van der Waals surface area contributed by atoms with Crippen LogP contribution in [0.4, 0.5) is 11.6 Å². The predicted octanol–water partition coefficient (Wildman–Crippen LogP) is 0.933. The van der Waals surface area contributed by atoms with Gasteiger partial charge in [0.05, 0.1) is 0 Å². The van der Waals surface area contributed by atoms with Crippen molar-refractivity contribution in [3.63, 3.8) is 0 Å². The number of nitrogens with one attached hydrogen (secondary N) is 1. The van der Waals surface area contributed by atoms with Crippen LogP contribution in [-0.4, -0.2) is 55.7 Å². The number of rotatable bonds is 9. The lowest BCUT2D eigenvalue weighted by Crippen LogP contribution is -2.35. The third-order valence-electron chi connectivity index (χ3n) is 2.91. The van der Waals surface area contributed by atoms with Crippen LogP contribution in [0.2, 0.25) is 0 Å². The van der Waals surface area contributed by atoms with Gasteiger partial charge in [-0.3, -0.25) is 0 Å². The van der Waals surface area contributed by atoms with Crippen LogP contribution in [0.5, 0.6) is 0 Å². The molecular weight excluding hydrogens is 268 g/mol. The van der Waals surface area contributed by atoms with Crippen LogP contribution in [0.25, 0.3) is 0 Å². The fraction of sp³-hybridized carbons (Fsp3) is 0.714. The number of methoxy groups -OCH3 is 1. The third-order valence-corrected chi connectivity index (χ3v) is 2.91. The minimum absolute atomic E-state index is 0.367. The van der Waals surface area contributed by atoms with Crippen LogP contribution in [0.1, 0.15) is 19.7 Å². The quantitative estimate of drug-likeness (QED) is 0.518. The van der Waals surface area contributed by atoms with Gasteiger partial charge in [-0.05, 0) is 20.0 Å². The molecule has 0 unspecified atom stereocenters. The van der Waals surface area contributed by atoms with Crippen LogP contribution in [0.15, 0.2) is 6.07 Å². The molecule has 0 aliphatic rings. The van der Waals surface area contributed by atoms with E-state index >= 15 is 0 Å². The van der Waals surface area contributed by atoms with Crippen molar-refractivity contribution in [1.82, 2.24) is 14.9 Å². The molecule has 1 rings (SSSR count). The Kier molecular flexibility index (Phi) is 7.35. The Morgan fingerprint density at radius 3 is 2.52 bits per heavy atom. The molecule has 0 amide bonds. The highest BCUT2D eigenvalue weighted by Crippen LogP contribution is 2.17. The van der Waals surface area contributed by atoms with Gasteiger partial charge >= 0.3 is 0 Å². The monoisotopic (exact) mass is 296 g/mol. The Balaban J connectivity index is 3.00. The summed E-state index contributed by atoms with van der Waals surface area (Å²) in [4.78, 5) is 13.3. The number of hydrazine groups is 1. The highest BCUT2D eigenvalue weighted by Gasteiger charge is 2.13. The summed E-state index contributed by atoms with van der Waals surface area (Å²) >= 11 is 0. The lowest BCUT2D eigenvalue weighted by Gasteiger charge is -2.27. The standard InChI is InChI=1S/C14H28N6O/c1-11(2)9-20(7-6-19(3)4)14-8-12(18-15)16-13(17-14)10-21-5/h8,11H,6-7,9-10,15H2,1-5H3,(H,16,17,18). The second-order valence-corrected chi connectivity index (χ2v) is 5.75. The molecule has 0 fully saturated rings. The first-order valence-electron chi connectivity index (χ1n) is 7.19. The number of nitrogen functional groups attached to an aromatic ring is 1. The molecule has 0 bridgehead atoms. The summed E-state index contributed by atoms with van der Waals surface area (Å²) in [6.07, 6.45) is 0. The first-order chi connectivity index (χ1) is 9.96. The SMILES string of the molecule is COCc1nc(NN)cc(N(CCN(C)C)CC(C)C)n1. The Morgan fingerprint density at radius 2 is 2.00 bits per heavy atom. The molecule has 3 N–H and O–H groups in total. The second kappa shape index (κ2) is 8.76. The Morgan fingerprint density at radius 1 is 1.29 bits per heavy atom. The van der Waals surface area contributed by atoms with Crippen molar-refractivity contribution in [3.05, 3.63) is 11.9 Å². The first kappa shape index (κ1) is 17.6. The average molecular weight is 296 g/mol. The van der Waals surface area contributed by atoms with E-state index in [1.807, 2.05) is 6.07 Å². The van der Waals surface area contributed by atoms with E-state index in [1.54, 1.807) is 7.11 Å². The fourth-order valence-electron chi connectivity index (χ4n) is 1.97. The number of likely N-dealkylation sites (N-methyl/N-ethyl adjacent to an activating group) is 1. The van der Waals surface area contributed by atoms with E-state index in [0.717, 1.165) is 25.5 Å². The number of anilines is 2. The molecule has 1 heterocycles. The number of hydrogen-bond donors (Lipinski definition) is 2. The summed E-state index contributed by atoms with van der Waals surface area (Å²) in [7, 11) is 5.76. The lowest BCUT2D eigenvalue weighted by atomic mass is 10.2. The Bertz CT molecular complexity index is 424. The minimum Gasteiger partial charge on any atom is -0.377 e. The van der Waals surface area contributed by atoms with Gasteiger partial charge in [-0.25, -0.2) is 15.8 Å². The van der Waals surface area contributed by atoms with E-state index in [4.69, 9.17) is 10.6 Å². The number of aromatic nitrogens is 2. The van der Waals surface area contributed by atoms with Crippen LogP contribution >= 0.6 is 0 Å². The summed E-state index contributed by atoms with van der Waals surface area (Å²) in [5.41, 5.74) is 2.60. The maximum Gasteiger partial charge on any atom is 0.158 e. The molecule has 1 aromatic heterocycles. The largest absolute Gasteiger partial charge is 0.377 e. The average Bonchev–Trinajstić information content (AvgIpc) is 2.42.